The first-order valence-corrected chi connectivity index (χ1v) is 6.87. The van der Waals surface area contributed by atoms with Gasteiger partial charge < -0.3 is 9.30 Å². The van der Waals surface area contributed by atoms with Crippen molar-refractivity contribution < 1.29 is 17.9 Å². The Morgan fingerprint density at radius 3 is 2.88 bits per heavy atom. The van der Waals surface area contributed by atoms with Crippen LogP contribution in [0, 0.1) is 11.3 Å². The maximum absolute atomic E-state index is 12.6. The second-order valence-electron chi connectivity index (χ2n) is 5.01. The van der Waals surface area contributed by atoms with Crippen molar-refractivity contribution in [1.29, 1.82) is 5.26 Å². The first-order valence-electron chi connectivity index (χ1n) is 6.87. The van der Waals surface area contributed by atoms with Crippen molar-refractivity contribution in [3.05, 3.63) is 42.2 Å². The molecule has 0 radical (unpaired) electrons. The van der Waals surface area contributed by atoms with Crippen LogP contribution in [0.1, 0.15) is 24.5 Å². The number of imidazole rings is 1. The largest absolute Gasteiger partial charge is 0.467 e. The fraction of sp³-hybridized carbons (Fsp3) is 0.286. The normalized spacial score (nSPS) is 13.0. The van der Waals surface area contributed by atoms with E-state index in [0.29, 0.717) is 5.65 Å². The van der Waals surface area contributed by atoms with Crippen molar-refractivity contribution in [2.75, 3.05) is 0 Å². The molecule has 3 rings (SSSR count). The second kappa shape index (κ2) is 5.84. The number of halogens is 3. The summed E-state index contributed by atoms with van der Waals surface area (Å²) in [6.45, 7) is 0.348. The van der Waals surface area contributed by atoms with Crippen LogP contribution in [0.3, 0.4) is 0 Å². The van der Waals surface area contributed by atoms with Gasteiger partial charge >= 0.3 is 6.18 Å². The molecule has 0 bridgehead atoms. The van der Waals surface area contributed by atoms with Crippen LogP contribution in [0.2, 0.25) is 0 Å². The van der Waals surface area contributed by atoms with Crippen molar-refractivity contribution in [1.82, 2.24) is 24.1 Å². The second-order valence-corrected chi connectivity index (χ2v) is 5.01. The fourth-order valence-corrected chi connectivity index (χ4v) is 2.30. The van der Waals surface area contributed by atoms with Crippen molar-refractivity contribution >= 4 is 5.65 Å². The lowest BCUT2D eigenvalue weighted by Gasteiger charge is -2.17. The molecule has 124 valence electrons. The number of alkyl halides is 3. The third kappa shape index (κ3) is 3.01. The Labute approximate surface area is 133 Å². The highest BCUT2D eigenvalue weighted by Gasteiger charge is 2.30. The number of pyridine rings is 1. The molecule has 24 heavy (non-hydrogen) atoms. The summed E-state index contributed by atoms with van der Waals surface area (Å²) in [5.41, 5.74) is 0.748. The topological polar surface area (TPSA) is 81.0 Å². The maximum atomic E-state index is 12.6. The highest BCUT2D eigenvalue weighted by molar-refractivity contribution is 5.47. The molecule has 3 aromatic rings. The molecule has 0 saturated carbocycles. The summed E-state index contributed by atoms with van der Waals surface area (Å²) in [5.74, 6) is 0.304. The van der Waals surface area contributed by atoms with E-state index >= 15 is 0 Å². The maximum Gasteiger partial charge on any atom is 0.406 e. The number of fused-ring (bicyclic) bond motifs is 1. The third-order valence-electron chi connectivity index (χ3n) is 3.26. The minimum Gasteiger partial charge on any atom is -0.467 e. The molecule has 0 aliphatic rings. The predicted molar refractivity (Wildman–Crippen MR) is 75.0 cm³/mol. The molecule has 0 N–H and O–H groups in total. The number of ether oxygens (including phenoxy) is 1. The third-order valence-corrected chi connectivity index (χ3v) is 3.26. The summed E-state index contributed by atoms with van der Waals surface area (Å²) in [6.07, 6.45) is -2.82. The summed E-state index contributed by atoms with van der Waals surface area (Å²) in [6, 6.07) is 6.93. The number of aromatic nitrogens is 5. The molecule has 0 amide bonds. The van der Waals surface area contributed by atoms with Crippen molar-refractivity contribution in [3.8, 4) is 11.9 Å². The van der Waals surface area contributed by atoms with E-state index in [-0.39, 0.29) is 17.4 Å². The van der Waals surface area contributed by atoms with Gasteiger partial charge in [0.05, 0.1) is 6.20 Å². The molecule has 0 unspecified atom stereocenters. The average Bonchev–Trinajstić information content (AvgIpc) is 3.12. The zero-order valence-corrected chi connectivity index (χ0v) is 12.4. The Hall–Kier alpha value is -3.09. The van der Waals surface area contributed by atoms with Gasteiger partial charge in [0.1, 0.15) is 30.3 Å². The quantitative estimate of drug-likeness (QED) is 0.731. The Balaban J connectivity index is 1.92. The van der Waals surface area contributed by atoms with Crippen LogP contribution in [0.15, 0.2) is 30.7 Å². The lowest BCUT2D eigenvalue weighted by Crippen LogP contribution is -2.21. The highest BCUT2D eigenvalue weighted by atomic mass is 19.4. The van der Waals surface area contributed by atoms with Crippen LogP contribution in [0.4, 0.5) is 13.2 Å². The molecule has 3 heterocycles. The van der Waals surface area contributed by atoms with Crippen molar-refractivity contribution in [2.24, 2.45) is 0 Å². The first-order chi connectivity index (χ1) is 11.4. The molecule has 1 atom stereocenters. The van der Waals surface area contributed by atoms with E-state index in [1.165, 1.54) is 10.6 Å². The van der Waals surface area contributed by atoms with E-state index in [1.807, 2.05) is 6.07 Å². The Bertz CT molecular complexity index is 907. The summed E-state index contributed by atoms with van der Waals surface area (Å²) < 4.78 is 45.8. The fourth-order valence-electron chi connectivity index (χ4n) is 2.30. The van der Waals surface area contributed by atoms with Gasteiger partial charge in [-0.3, -0.25) is 4.40 Å². The molecule has 0 aliphatic heterocycles. The van der Waals surface area contributed by atoms with Gasteiger partial charge in [0.25, 0.3) is 0 Å². The first kappa shape index (κ1) is 15.8. The minimum absolute atomic E-state index is 0.0305. The molecular formula is C14H11F3N6O. The number of hydrogen-bond acceptors (Lipinski definition) is 5. The average molecular weight is 336 g/mol. The molecule has 7 nitrogen and oxygen atoms in total. The van der Waals surface area contributed by atoms with Gasteiger partial charge in [-0.15, -0.1) is 10.2 Å². The summed E-state index contributed by atoms with van der Waals surface area (Å²) in [5, 5.41) is 16.3. The zero-order valence-electron chi connectivity index (χ0n) is 12.4. The highest BCUT2D eigenvalue weighted by Crippen LogP contribution is 2.25. The van der Waals surface area contributed by atoms with E-state index < -0.39 is 18.8 Å². The Kier molecular flexibility index (Phi) is 3.84. The van der Waals surface area contributed by atoms with Gasteiger partial charge in [0.15, 0.2) is 11.9 Å². The van der Waals surface area contributed by atoms with E-state index in [2.05, 4.69) is 15.2 Å². The zero-order chi connectivity index (χ0) is 17.3. The molecule has 0 saturated heterocycles. The Morgan fingerprint density at radius 1 is 1.38 bits per heavy atom. The summed E-state index contributed by atoms with van der Waals surface area (Å²) in [7, 11) is 0. The van der Waals surface area contributed by atoms with Gasteiger partial charge in [-0.1, -0.05) is 6.07 Å². The lowest BCUT2D eigenvalue weighted by atomic mass is 10.3. The molecule has 0 aromatic carbocycles. The van der Waals surface area contributed by atoms with Crippen molar-refractivity contribution in [3.63, 3.8) is 0 Å². The Morgan fingerprint density at radius 2 is 2.17 bits per heavy atom. The minimum atomic E-state index is -4.39. The van der Waals surface area contributed by atoms with E-state index in [4.69, 9.17) is 10.00 Å². The van der Waals surface area contributed by atoms with Crippen LogP contribution in [-0.4, -0.2) is 30.3 Å². The van der Waals surface area contributed by atoms with Gasteiger partial charge in [-0.2, -0.15) is 18.4 Å². The van der Waals surface area contributed by atoms with Gasteiger partial charge in [0, 0.05) is 0 Å². The van der Waals surface area contributed by atoms with Crippen LogP contribution in [0.25, 0.3) is 5.65 Å². The van der Waals surface area contributed by atoms with Crippen LogP contribution >= 0.6 is 0 Å². The smallest absolute Gasteiger partial charge is 0.406 e. The SMILES string of the molecule is C[C@@H](Oc1cccc2ncc(C#N)n12)c1nncn1CC(F)(F)F. The summed E-state index contributed by atoms with van der Waals surface area (Å²) in [4.78, 5) is 4.06. The van der Waals surface area contributed by atoms with E-state index in [9.17, 15) is 13.2 Å². The number of rotatable bonds is 4. The van der Waals surface area contributed by atoms with E-state index in [0.717, 1.165) is 10.9 Å². The predicted octanol–water partition coefficient (Wildman–Crippen LogP) is 2.50. The monoisotopic (exact) mass is 336 g/mol. The van der Waals surface area contributed by atoms with Gasteiger partial charge in [-0.25, -0.2) is 4.98 Å². The number of hydrogen-bond donors (Lipinski definition) is 0. The summed E-state index contributed by atoms with van der Waals surface area (Å²) >= 11 is 0. The standard InChI is InChI=1S/C14H11F3N6O/c1-9(13-21-20-8-22(13)7-14(15,16)17)24-12-4-2-3-11-19-6-10(5-18)23(11)12/h2-4,6,8-9H,7H2,1H3/t9-/m1/s1. The van der Waals surface area contributed by atoms with E-state index in [1.54, 1.807) is 25.1 Å². The molecule has 10 heteroatoms. The van der Waals surface area contributed by atoms with Crippen LogP contribution in [-0.2, 0) is 6.54 Å². The number of nitrogens with zero attached hydrogens (tertiary/aromatic N) is 6. The molecule has 3 aromatic heterocycles. The molecule has 0 spiro atoms. The number of nitriles is 1. The van der Waals surface area contributed by atoms with Crippen molar-refractivity contribution in [2.45, 2.75) is 25.7 Å². The van der Waals surface area contributed by atoms with Gasteiger partial charge in [-0.05, 0) is 19.1 Å². The van der Waals surface area contributed by atoms with Crippen LogP contribution in [0.5, 0.6) is 5.88 Å². The van der Waals surface area contributed by atoms with Crippen LogP contribution < -0.4 is 4.74 Å². The van der Waals surface area contributed by atoms with Gasteiger partial charge in [0.2, 0.25) is 5.88 Å². The molecule has 0 fully saturated rings. The molecule has 0 aliphatic carbocycles. The lowest BCUT2D eigenvalue weighted by molar-refractivity contribution is -0.141. The molecular weight excluding hydrogens is 325 g/mol.